The van der Waals surface area contributed by atoms with Crippen LogP contribution in [0.2, 0.25) is 0 Å². The van der Waals surface area contributed by atoms with Crippen molar-refractivity contribution in [1.82, 2.24) is 10.2 Å². The summed E-state index contributed by atoms with van der Waals surface area (Å²) in [5.41, 5.74) is 2.43. The second kappa shape index (κ2) is 6.18. The summed E-state index contributed by atoms with van der Waals surface area (Å²) in [5, 5.41) is 3.36. The SMILES string of the molecule is COc1ccc(C2CNCCO2)cc1CN(C)C. The molecule has 1 aromatic rings. The van der Waals surface area contributed by atoms with Crippen LogP contribution in [0, 0.1) is 0 Å². The molecule has 0 spiro atoms. The van der Waals surface area contributed by atoms with Gasteiger partial charge >= 0.3 is 0 Å². The molecule has 0 radical (unpaired) electrons. The third-order valence-electron chi connectivity index (χ3n) is 3.09. The molecule has 0 aliphatic carbocycles. The number of rotatable bonds is 4. The van der Waals surface area contributed by atoms with E-state index in [1.54, 1.807) is 7.11 Å². The van der Waals surface area contributed by atoms with Gasteiger partial charge in [0, 0.05) is 25.2 Å². The van der Waals surface area contributed by atoms with Crippen molar-refractivity contribution in [3.63, 3.8) is 0 Å². The van der Waals surface area contributed by atoms with Crippen molar-refractivity contribution in [2.24, 2.45) is 0 Å². The molecule has 1 saturated heterocycles. The van der Waals surface area contributed by atoms with Gasteiger partial charge in [0.15, 0.2) is 0 Å². The Labute approximate surface area is 109 Å². The first kappa shape index (κ1) is 13.3. The standard InChI is InChI=1S/C14H22N2O2/c1-16(2)10-12-8-11(4-5-13(12)17-3)14-9-15-6-7-18-14/h4-5,8,14-15H,6-7,9-10H2,1-3H3. The number of hydrogen-bond donors (Lipinski definition) is 1. The summed E-state index contributed by atoms with van der Waals surface area (Å²) in [5.74, 6) is 0.941. The van der Waals surface area contributed by atoms with Crippen LogP contribution in [0.25, 0.3) is 0 Å². The summed E-state index contributed by atoms with van der Waals surface area (Å²) in [7, 11) is 5.84. The van der Waals surface area contributed by atoms with Gasteiger partial charge in [-0.3, -0.25) is 0 Å². The first-order chi connectivity index (χ1) is 8.70. The van der Waals surface area contributed by atoms with E-state index in [4.69, 9.17) is 9.47 Å². The predicted octanol–water partition coefficient (Wildman–Crippen LogP) is 1.42. The first-order valence-electron chi connectivity index (χ1n) is 6.34. The Bertz CT molecular complexity index is 387. The van der Waals surface area contributed by atoms with Crippen molar-refractivity contribution in [2.45, 2.75) is 12.6 Å². The number of benzene rings is 1. The topological polar surface area (TPSA) is 33.7 Å². The van der Waals surface area contributed by atoms with Gasteiger partial charge < -0.3 is 19.7 Å². The molecular formula is C14H22N2O2. The summed E-state index contributed by atoms with van der Waals surface area (Å²) in [4.78, 5) is 2.14. The molecule has 1 unspecified atom stereocenters. The molecule has 1 fully saturated rings. The van der Waals surface area contributed by atoms with Gasteiger partial charge in [-0.2, -0.15) is 0 Å². The van der Waals surface area contributed by atoms with E-state index in [0.717, 1.165) is 32.0 Å². The van der Waals surface area contributed by atoms with Crippen molar-refractivity contribution >= 4 is 0 Å². The lowest BCUT2D eigenvalue weighted by Gasteiger charge is -2.25. The summed E-state index contributed by atoms with van der Waals surface area (Å²) < 4.78 is 11.2. The lowest BCUT2D eigenvalue weighted by molar-refractivity contribution is 0.0276. The quantitative estimate of drug-likeness (QED) is 0.876. The van der Waals surface area contributed by atoms with Gasteiger partial charge in [-0.25, -0.2) is 0 Å². The number of nitrogens with one attached hydrogen (secondary N) is 1. The largest absolute Gasteiger partial charge is 0.496 e. The molecule has 100 valence electrons. The van der Waals surface area contributed by atoms with Crippen LogP contribution in [0.5, 0.6) is 5.75 Å². The molecule has 0 bridgehead atoms. The van der Waals surface area contributed by atoms with Gasteiger partial charge in [0.2, 0.25) is 0 Å². The van der Waals surface area contributed by atoms with Crippen LogP contribution in [-0.4, -0.2) is 45.8 Å². The molecule has 1 N–H and O–H groups in total. The Morgan fingerprint density at radius 3 is 2.89 bits per heavy atom. The molecule has 1 aliphatic rings. The van der Waals surface area contributed by atoms with Gasteiger partial charge in [0.05, 0.1) is 19.8 Å². The van der Waals surface area contributed by atoms with Crippen LogP contribution in [0.3, 0.4) is 0 Å². The van der Waals surface area contributed by atoms with Gasteiger partial charge in [0.25, 0.3) is 0 Å². The number of hydrogen-bond acceptors (Lipinski definition) is 4. The van der Waals surface area contributed by atoms with Crippen molar-refractivity contribution in [3.05, 3.63) is 29.3 Å². The molecule has 1 atom stereocenters. The van der Waals surface area contributed by atoms with E-state index in [1.165, 1.54) is 11.1 Å². The lowest BCUT2D eigenvalue weighted by Crippen LogP contribution is -2.33. The van der Waals surface area contributed by atoms with Crippen LogP contribution in [0.15, 0.2) is 18.2 Å². The fourth-order valence-electron chi connectivity index (χ4n) is 2.24. The van der Waals surface area contributed by atoms with Crippen molar-refractivity contribution in [3.8, 4) is 5.75 Å². The Morgan fingerprint density at radius 2 is 2.28 bits per heavy atom. The van der Waals surface area contributed by atoms with Gasteiger partial charge in [-0.05, 0) is 31.8 Å². The number of morpholine rings is 1. The molecule has 4 nitrogen and oxygen atoms in total. The highest BCUT2D eigenvalue weighted by Gasteiger charge is 2.17. The van der Waals surface area contributed by atoms with Gasteiger partial charge in [0.1, 0.15) is 5.75 Å². The van der Waals surface area contributed by atoms with Gasteiger partial charge in [-0.15, -0.1) is 0 Å². The summed E-state index contributed by atoms with van der Waals surface area (Å²) in [6.45, 7) is 3.47. The molecule has 1 aliphatic heterocycles. The zero-order valence-corrected chi connectivity index (χ0v) is 11.4. The van der Waals surface area contributed by atoms with E-state index in [-0.39, 0.29) is 6.10 Å². The molecule has 18 heavy (non-hydrogen) atoms. The molecule has 1 aromatic carbocycles. The average Bonchev–Trinajstić information content (AvgIpc) is 2.39. The smallest absolute Gasteiger partial charge is 0.123 e. The van der Waals surface area contributed by atoms with E-state index in [9.17, 15) is 0 Å². The maximum Gasteiger partial charge on any atom is 0.123 e. The Kier molecular flexibility index (Phi) is 4.58. The Hall–Kier alpha value is -1.10. The van der Waals surface area contributed by atoms with Crippen LogP contribution >= 0.6 is 0 Å². The fourth-order valence-corrected chi connectivity index (χ4v) is 2.24. The second-order valence-corrected chi connectivity index (χ2v) is 4.87. The van der Waals surface area contributed by atoms with E-state index >= 15 is 0 Å². The highest BCUT2D eigenvalue weighted by molar-refractivity contribution is 5.38. The highest BCUT2D eigenvalue weighted by Crippen LogP contribution is 2.26. The van der Waals surface area contributed by atoms with E-state index < -0.39 is 0 Å². The Morgan fingerprint density at radius 1 is 1.44 bits per heavy atom. The van der Waals surface area contributed by atoms with Crippen LogP contribution in [-0.2, 0) is 11.3 Å². The summed E-state index contributed by atoms with van der Waals surface area (Å²) in [6.07, 6.45) is 0.158. The summed E-state index contributed by atoms with van der Waals surface area (Å²) in [6, 6.07) is 6.32. The van der Waals surface area contributed by atoms with Gasteiger partial charge in [-0.1, -0.05) is 6.07 Å². The molecule has 1 heterocycles. The van der Waals surface area contributed by atoms with Crippen molar-refractivity contribution in [1.29, 1.82) is 0 Å². The zero-order chi connectivity index (χ0) is 13.0. The molecular weight excluding hydrogens is 228 g/mol. The molecule has 4 heteroatoms. The zero-order valence-electron chi connectivity index (χ0n) is 11.4. The number of nitrogens with zero attached hydrogens (tertiary/aromatic N) is 1. The highest BCUT2D eigenvalue weighted by atomic mass is 16.5. The first-order valence-corrected chi connectivity index (χ1v) is 6.34. The minimum absolute atomic E-state index is 0.158. The lowest BCUT2D eigenvalue weighted by atomic mass is 10.0. The maximum absolute atomic E-state index is 5.78. The monoisotopic (exact) mass is 250 g/mol. The Balaban J connectivity index is 2.20. The third-order valence-corrected chi connectivity index (χ3v) is 3.09. The van der Waals surface area contributed by atoms with Crippen LogP contribution < -0.4 is 10.1 Å². The molecule has 0 saturated carbocycles. The van der Waals surface area contributed by atoms with E-state index in [1.807, 2.05) is 6.07 Å². The second-order valence-electron chi connectivity index (χ2n) is 4.87. The predicted molar refractivity (Wildman–Crippen MR) is 71.9 cm³/mol. The minimum atomic E-state index is 0.158. The molecule has 0 amide bonds. The van der Waals surface area contributed by atoms with Crippen LogP contribution in [0.1, 0.15) is 17.2 Å². The van der Waals surface area contributed by atoms with Crippen molar-refractivity contribution in [2.75, 3.05) is 40.9 Å². The molecule has 0 aromatic heterocycles. The normalized spacial score (nSPS) is 20.1. The summed E-state index contributed by atoms with van der Waals surface area (Å²) >= 11 is 0. The average molecular weight is 250 g/mol. The van der Waals surface area contributed by atoms with E-state index in [2.05, 4.69) is 36.4 Å². The fraction of sp³-hybridized carbons (Fsp3) is 0.571. The van der Waals surface area contributed by atoms with Crippen molar-refractivity contribution < 1.29 is 9.47 Å². The molecule has 2 rings (SSSR count). The maximum atomic E-state index is 5.78. The third kappa shape index (κ3) is 3.22. The number of ether oxygens (including phenoxy) is 2. The van der Waals surface area contributed by atoms with Crippen LogP contribution in [0.4, 0.5) is 0 Å². The number of methoxy groups -OCH3 is 1. The minimum Gasteiger partial charge on any atom is -0.496 e. The van der Waals surface area contributed by atoms with E-state index in [0.29, 0.717) is 0 Å².